The molecule has 6 nitrogen and oxygen atoms in total. The molecule has 0 unspecified atom stereocenters. The summed E-state index contributed by atoms with van der Waals surface area (Å²) in [5, 5.41) is 9.71. The van der Waals surface area contributed by atoms with E-state index in [4.69, 9.17) is 4.98 Å². The van der Waals surface area contributed by atoms with Gasteiger partial charge in [0.25, 0.3) is 5.91 Å². The molecule has 2 heterocycles. The summed E-state index contributed by atoms with van der Waals surface area (Å²) in [6.45, 7) is 0. The van der Waals surface area contributed by atoms with E-state index in [0.29, 0.717) is 17.2 Å². The molecule has 0 bridgehead atoms. The number of rotatable bonds is 5. The van der Waals surface area contributed by atoms with Crippen LogP contribution < -0.4 is 9.80 Å². The van der Waals surface area contributed by atoms with Crippen molar-refractivity contribution in [2.75, 3.05) is 23.9 Å². The second-order valence-corrected chi connectivity index (χ2v) is 9.63. The summed E-state index contributed by atoms with van der Waals surface area (Å²) in [7, 11) is 3.73. The summed E-state index contributed by atoms with van der Waals surface area (Å²) in [6.07, 6.45) is 8.50. The summed E-state index contributed by atoms with van der Waals surface area (Å²) >= 11 is 0. The van der Waals surface area contributed by atoms with E-state index in [1.165, 1.54) is 11.1 Å². The molecule has 2 aromatic carbocycles. The van der Waals surface area contributed by atoms with Crippen LogP contribution in [0.15, 0.2) is 54.7 Å². The van der Waals surface area contributed by atoms with E-state index in [1.54, 1.807) is 18.1 Å². The maximum Gasteiger partial charge on any atom is 0.260 e. The largest absolute Gasteiger partial charge is 0.393 e. The fourth-order valence-electron chi connectivity index (χ4n) is 5.14. The van der Waals surface area contributed by atoms with Gasteiger partial charge in [0, 0.05) is 20.5 Å². The van der Waals surface area contributed by atoms with E-state index in [-0.39, 0.29) is 12.0 Å². The van der Waals surface area contributed by atoms with Gasteiger partial charge < -0.3 is 14.9 Å². The molecule has 2 aliphatic rings. The van der Waals surface area contributed by atoms with Crippen LogP contribution in [0.4, 0.5) is 17.2 Å². The van der Waals surface area contributed by atoms with Crippen molar-refractivity contribution in [3.05, 3.63) is 77.2 Å². The number of amides is 1. The first-order valence-corrected chi connectivity index (χ1v) is 12.2. The van der Waals surface area contributed by atoms with Crippen molar-refractivity contribution in [2.24, 2.45) is 5.92 Å². The van der Waals surface area contributed by atoms with Gasteiger partial charge in [-0.1, -0.05) is 36.4 Å². The number of aromatic nitrogens is 2. The highest BCUT2D eigenvalue weighted by Gasteiger charge is 2.28. The molecule has 1 aromatic heterocycles. The van der Waals surface area contributed by atoms with Crippen LogP contribution in [0, 0.1) is 5.92 Å². The zero-order chi connectivity index (χ0) is 23.7. The van der Waals surface area contributed by atoms with E-state index in [9.17, 15) is 9.90 Å². The first-order chi connectivity index (χ1) is 16.5. The van der Waals surface area contributed by atoms with Gasteiger partial charge in [0.15, 0.2) is 5.82 Å². The lowest BCUT2D eigenvalue weighted by Gasteiger charge is -2.25. The Hall–Kier alpha value is -3.25. The van der Waals surface area contributed by atoms with Crippen molar-refractivity contribution in [1.82, 2.24) is 9.97 Å². The summed E-state index contributed by atoms with van der Waals surface area (Å²) < 4.78 is 0. The highest BCUT2D eigenvalue weighted by molar-refractivity contribution is 6.13. The number of benzene rings is 2. The number of aliphatic hydroxyl groups excluding tert-OH is 1. The van der Waals surface area contributed by atoms with Crippen LogP contribution in [0.25, 0.3) is 0 Å². The second kappa shape index (κ2) is 9.55. The number of hydrogen-bond acceptors (Lipinski definition) is 5. The summed E-state index contributed by atoms with van der Waals surface area (Å²) in [5.41, 5.74) is 4.88. The third-order valence-electron chi connectivity index (χ3n) is 7.28. The normalized spacial score (nSPS) is 20.0. The average molecular weight is 457 g/mol. The molecule has 176 valence electrons. The molecule has 0 radical (unpaired) electrons. The van der Waals surface area contributed by atoms with E-state index >= 15 is 0 Å². The van der Waals surface area contributed by atoms with Gasteiger partial charge in [-0.2, -0.15) is 0 Å². The quantitative estimate of drug-likeness (QED) is 0.602. The van der Waals surface area contributed by atoms with E-state index < -0.39 is 0 Å². The Morgan fingerprint density at radius 3 is 2.35 bits per heavy atom. The minimum absolute atomic E-state index is 0.0537. The van der Waals surface area contributed by atoms with Crippen molar-refractivity contribution in [1.29, 1.82) is 0 Å². The van der Waals surface area contributed by atoms with Crippen LogP contribution in [0.5, 0.6) is 0 Å². The van der Waals surface area contributed by atoms with Gasteiger partial charge >= 0.3 is 0 Å². The fourth-order valence-corrected chi connectivity index (χ4v) is 5.14. The number of anilines is 3. The average Bonchev–Trinajstić information content (AvgIpc) is 2.95. The summed E-state index contributed by atoms with van der Waals surface area (Å²) in [6, 6.07) is 16.5. The van der Waals surface area contributed by atoms with Gasteiger partial charge in [0.2, 0.25) is 0 Å². The third-order valence-corrected chi connectivity index (χ3v) is 7.28. The highest BCUT2D eigenvalue weighted by Crippen LogP contribution is 2.37. The number of carbonyl (C=O) groups excluding carboxylic acids is 1. The topological polar surface area (TPSA) is 69.6 Å². The smallest absolute Gasteiger partial charge is 0.260 e. The predicted octanol–water partition coefficient (Wildman–Crippen LogP) is 4.71. The number of carbonyl (C=O) groups is 1. The molecule has 1 saturated carbocycles. The molecule has 5 rings (SSSR count). The standard InChI is InChI=1S/C28H32N4O2/c1-31-24-6-4-3-5-23(24)28(34)32(2)25-18-29-26(30-27(25)31)16-13-19-7-9-20(10-8-19)17-21-11-14-22(33)15-12-21/h3-10,18,21-22,33H,11-17H2,1-2H3. The van der Waals surface area contributed by atoms with Crippen molar-refractivity contribution >= 4 is 23.1 Å². The molecular formula is C28H32N4O2. The van der Waals surface area contributed by atoms with Gasteiger partial charge in [0.05, 0.1) is 23.6 Å². The van der Waals surface area contributed by atoms with Gasteiger partial charge in [-0.25, -0.2) is 9.97 Å². The van der Waals surface area contributed by atoms with Crippen LogP contribution >= 0.6 is 0 Å². The lowest BCUT2D eigenvalue weighted by Crippen LogP contribution is -2.25. The van der Waals surface area contributed by atoms with Gasteiger partial charge in [-0.3, -0.25) is 4.79 Å². The Labute approximate surface area is 201 Å². The Morgan fingerprint density at radius 2 is 1.59 bits per heavy atom. The molecule has 0 saturated heterocycles. The minimum atomic E-state index is -0.0933. The Balaban J connectivity index is 1.27. The summed E-state index contributed by atoms with van der Waals surface area (Å²) in [5.74, 6) is 2.16. The molecule has 1 aliphatic heterocycles. The first kappa shape index (κ1) is 22.5. The van der Waals surface area contributed by atoms with E-state index in [1.807, 2.05) is 36.2 Å². The fraction of sp³-hybridized carbons (Fsp3) is 0.393. The number of para-hydroxylation sites is 1. The molecular weight excluding hydrogens is 424 g/mol. The van der Waals surface area contributed by atoms with Crippen LogP contribution in [-0.2, 0) is 19.3 Å². The zero-order valence-electron chi connectivity index (χ0n) is 19.9. The first-order valence-electron chi connectivity index (χ1n) is 12.2. The molecule has 34 heavy (non-hydrogen) atoms. The van der Waals surface area contributed by atoms with Crippen LogP contribution in [0.3, 0.4) is 0 Å². The molecule has 6 heteroatoms. The van der Waals surface area contributed by atoms with E-state index in [2.05, 4.69) is 29.2 Å². The number of nitrogens with zero attached hydrogens (tertiary/aromatic N) is 4. The molecule has 0 spiro atoms. The monoisotopic (exact) mass is 456 g/mol. The lowest BCUT2D eigenvalue weighted by atomic mass is 9.83. The molecule has 1 fully saturated rings. The Morgan fingerprint density at radius 1 is 0.882 bits per heavy atom. The highest BCUT2D eigenvalue weighted by atomic mass is 16.3. The molecule has 0 atom stereocenters. The molecule has 1 aliphatic carbocycles. The van der Waals surface area contributed by atoms with Gasteiger partial charge in [-0.05, 0) is 67.7 Å². The zero-order valence-corrected chi connectivity index (χ0v) is 19.9. The van der Waals surface area contributed by atoms with Crippen LogP contribution in [0.1, 0.15) is 53.0 Å². The Bertz CT molecular complexity index is 1170. The minimum Gasteiger partial charge on any atom is -0.393 e. The van der Waals surface area contributed by atoms with Crippen molar-refractivity contribution in [3.63, 3.8) is 0 Å². The van der Waals surface area contributed by atoms with Crippen molar-refractivity contribution in [3.8, 4) is 0 Å². The van der Waals surface area contributed by atoms with Gasteiger partial charge in [-0.15, -0.1) is 0 Å². The van der Waals surface area contributed by atoms with Crippen LogP contribution in [-0.4, -0.2) is 41.2 Å². The molecule has 3 aromatic rings. The predicted molar refractivity (Wildman–Crippen MR) is 135 cm³/mol. The molecule has 1 N–H and O–H groups in total. The van der Waals surface area contributed by atoms with E-state index in [0.717, 1.165) is 62.3 Å². The summed E-state index contributed by atoms with van der Waals surface area (Å²) in [4.78, 5) is 26.0. The number of aliphatic hydroxyl groups is 1. The Kier molecular flexibility index (Phi) is 6.33. The SMILES string of the molecule is CN1C(=O)c2ccccc2N(C)c2nc(CCc3ccc(CC4CCC(O)CC4)cc3)ncc21. The maximum atomic E-state index is 12.9. The third kappa shape index (κ3) is 4.55. The van der Waals surface area contributed by atoms with Gasteiger partial charge in [0.1, 0.15) is 11.5 Å². The van der Waals surface area contributed by atoms with Crippen LogP contribution in [0.2, 0.25) is 0 Å². The lowest BCUT2D eigenvalue weighted by molar-refractivity contribution is 0.0994. The second-order valence-electron chi connectivity index (χ2n) is 9.63. The number of aryl methyl sites for hydroxylation is 2. The molecule has 1 amide bonds. The van der Waals surface area contributed by atoms with Crippen molar-refractivity contribution in [2.45, 2.75) is 51.0 Å². The maximum absolute atomic E-state index is 12.9. The van der Waals surface area contributed by atoms with Crippen molar-refractivity contribution < 1.29 is 9.90 Å². The number of fused-ring (bicyclic) bond motifs is 2. The number of hydrogen-bond donors (Lipinski definition) is 1.